The smallest absolute Gasteiger partial charge is 0.427 e. The first-order valence-corrected chi connectivity index (χ1v) is 16.9. The predicted molar refractivity (Wildman–Crippen MR) is 169 cm³/mol. The van der Waals surface area contributed by atoms with Gasteiger partial charge in [-0.1, -0.05) is 47.5 Å². The molecule has 7 nitrogen and oxygen atoms in total. The number of carbonyl (C=O) groups excluding carboxylic acids is 3. The summed E-state index contributed by atoms with van der Waals surface area (Å²) in [6, 6.07) is 1.86. The molecule has 0 fully saturated rings. The maximum absolute atomic E-state index is 14.3. The highest BCUT2D eigenvalue weighted by atomic mass is 127. The number of nitrogens with zero attached hydrogens (tertiary/aromatic N) is 2. The van der Waals surface area contributed by atoms with Crippen LogP contribution in [0.15, 0.2) is 6.07 Å². The Morgan fingerprint density at radius 1 is 0.821 bits per heavy atom. The van der Waals surface area contributed by atoms with Crippen LogP contribution in [-0.4, -0.2) is 46.8 Å². The van der Waals surface area contributed by atoms with Gasteiger partial charge in [0.25, 0.3) is 5.91 Å². The number of carbonyl (C=O) groups is 3. The summed E-state index contributed by atoms with van der Waals surface area (Å²) in [7, 11) is -2.14. The summed E-state index contributed by atoms with van der Waals surface area (Å²) >= 11 is 2.17. The maximum Gasteiger partial charge on any atom is 0.427 e. The molecule has 1 rings (SSSR count). The fraction of sp³-hybridized carbons (Fsp3) is 0.700. The summed E-state index contributed by atoms with van der Waals surface area (Å²) in [5.41, 5.74) is 3.10. The molecule has 39 heavy (non-hydrogen) atoms. The Hall–Kier alpha value is -1.80. The molecule has 9 heteroatoms. The third-order valence-electron chi connectivity index (χ3n) is 6.46. The van der Waals surface area contributed by atoms with Gasteiger partial charge in [-0.05, 0) is 108 Å². The van der Waals surface area contributed by atoms with Crippen molar-refractivity contribution in [1.29, 1.82) is 0 Å². The molecule has 0 atom stereocenters. The zero-order valence-corrected chi connectivity index (χ0v) is 29.8. The number of halogens is 1. The van der Waals surface area contributed by atoms with Crippen molar-refractivity contribution in [3.05, 3.63) is 21.0 Å². The van der Waals surface area contributed by atoms with Gasteiger partial charge < -0.3 is 14.0 Å². The summed E-state index contributed by atoms with van der Waals surface area (Å²) in [5, 5.41) is 0. The monoisotopic (exact) mass is 672 g/mol. The van der Waals surface area contributed by atoms with Crippen molar-refractivity contribution < 1.29 is 23.9 Å². The molecule has 0 aliphatic rings. The van der Waals surface area contributed by atoms with Crippen LogP contribution < -0.4 is 0 Å². The van der Waals surface area contributed by atoms with Gasteiger partial charge in [-0.15, -0.1) is 10.4 Å². The third-order valence-corrected chi connectivity index (χ3v) is 13.5. The second kappa shape index (κ2) is 12.4. The molecular formula is C30H49IN2O5Si. The van der Waals surface area contributed by atoms with Crippen molar-refractivity contribution in [2.24, 2.45) is 0 Å². The number of hydrogen-bond donors (Lipinski definition) is 0. The highest BCUT2D eigenvalue weighted by Gasteiger charge is 2.43. The van der Waals surface area contributed by atoms with Crippen LogP contribution in [0.3, 0.4) is 0 Å². The molecule has 1 heterocycles. The molecule has 220 valence electrons. The first kappa shape index (κ1) is 35.2. The Morgan fingerprint density at radius 3 is 1.51 bits per heavy atom. The van der Waals surface area contributed by atoms with Crippen LogP contribution in [0.5, 0.6) is 0 Å². The topological polar surface area (TPSA) is 77.8 Å². The lowest BCUT2D eigenvalue weighted by Crippen LogP contribution is -2.48. The minimum absolute atomic E-state index is 0.162. The van der Waals surface area contributed by atoms with Gasteiger partial charge >= 0.3 is 12.2 Å². The maximum atomic E-state index is 14.3. The van der Waals surface area contributed by atoms with E-state index in [0.717, 1.165) is 3.70 Å². The fourth-order valence-electron chi connectivity index (χ4n) is 5.01. The van der Waals surface area contributed by atoms with E-state index in [1.165, 1.54) is 0 Å². The van der Waals surface area contributed by atoms with Crippen molar-refractivity contribution in [3.63, 3.8) is 0 Å². The predicted octanol–water partition coefficient (Wildman–Crippen LogP) is 8.73. The molecule has 0 aromatic carbocycles. The van der Waals surface area contributed by atoms with Crippen LogP contribution >= 0.6 is 22.6 Å². The second-order valence-corrected chi connectivity index (χ2v) is 20.7. The van der Waals surface area contributed by atoms with Crippen LogP contribution in [0.25, 0.3) is 0 Å². The largest absolute Gasteiger partial charge is 0.443 e. The summed E-state index contributed by atoms with van der Waals surface area (Å²) in [4.78, 5) is 41.4. The number of amides is 3. The van der Waals surface area contributed by atoms with E-state index in [-0.39, 0.29) is 5.69 Å². The number of ether oxygens (including phenoxy) is 2. The van der Waals surface area contributed by atoms with E-state index in [2.05, 4.69) is 75.6 Å². The highest BCUT2D eigenvalue weighted by molar-refractivity contribution is 14.1. The van der Waals surface area contributed by atoms with Crippen molar-refractivity contribution >= 4 is 48.8 Å². The van der Waals surface area contributed by atoms with E-state index in [1.54, 1.807) is 41.5 Å². The Morgan fingerprint density at radius 2 is 1.21 bits per heavy atom. The number of rotatable bonds is 4. The number of hydrogen-bond acceptors (Lipinski definition) is 5. The van der Waals surface area contributed by atoms with Gasteiger partial charge in [0.05, 0.1) is 9.26 Å². The second-order valence-electron chi connectivity index (χ2n) is 14.0. The third kappa shape index (κ3) is 8.59. The first-order chi connectivity index (χ1) is 17.4. The average Bonchev–Trinajstić information content (AvgIpc) is 3.01. The molecule has 0 saturated heterocycles. The average molecular weight is 673 g/mol. The summed E-state index contributed by atoms with van der Waals surface area (Å²) in [6.07, 6.45) is -2.18. The zero-order chi connectivity index (χ0) is 30.9. The molecule has 0 spiro atoms. The van der Waals surface area contributed by atoms with Crippen LogP contribution in [0.2, 0.25) is 16.6 Å². The molecular weight excluding hydrogens is 623 g/mol. The van der Waals surface area contributed by atoms with Gasteiger partial charge in [-0.25, -0.2) is 9.59 Å². The molecule has 0 saturated carbocycles. The van der Waals surface area contributed by atoms with Crippen LogP contribution in [0.1, 0.15) is 120 Å². The van der Waals surface area contributed by atoms with Gasteiger partial charge in [-0.2, -0.15) is 0 Å². The van der Waals surface area contributed by atoms with Crippen molar-refractivity contribution in [3.8, 4) is 11.5 Å². The lowest BCUT2D eigenvalue weighted by Gasteiger charge is -2.38. The molecule has 1 aromatic heterocycles. The highest BCUT2D eigenvalue weighted by Crippen LogP contribution is 2.41. The Bertz CT molecular complexity index is 1090. The quantitative estimate of drug-likeness (QED) is 0.182. The molecule has 0 N–H and O–H groups in total. The van der Waals surface area contributed by atoms with E-state index in [0.29, 0.717) is 27.1 Å². The Kier molecular flexibility index (Phi) is 11.2. The van der Waals surface area contributed by atoms with E-state index in [1.807, 2.05) is 31.4 Å². The molecule has 1 aromatic rings. The minimum atomic E-state index is -2.14. The SMILES string of the molecule is CC(C)[Si](C#Cc1cc(I)n(C(C)(C)C)c1C(=O)N(C(=O)OC(C)(C)C)C(=O)OC(C)(C)C)(C(C)C)C(C)C. The van der Waals surface area contributed by atoms with Crippen molar-refractivity contribution in [2.45, 2.75) is 137 Å². The van der Waals surface area contributed by atoms with Gasteiger partial charge in [-0.3, -0.25) is 4.79 Å². The minimum Gasteiger partial charge on any atom is -0.443 e. The van der Waals surface area contributed by atoms with E-state index in [4.69, 9.17) is 9.47 Å². The Balaban J connectivity index is 4.03. The molecule has 0 unspecified atom stereocenters. The molecule has 3 amide bonds. The number of imide groups is 3. The van der Waals surface area contributed by atoms with Crippen LogP contribution in [-0.2, 0) is 15.0 Å². The van der Waals surface area contributed by atoms with Crippen LogP contribution in [0.4, 0.5) is 9.59 Å². The van der Waals surface area contributed by atoms with Gasteiger partial charge in [0.15, 0.2) is 0 Å². The molecule has 0 aliphatic heterocycles. The van der Waals surface area contributed by atoms with Crippen LogP contribution in [0, 0.1) is 15.2 Å². The lowest BCUT2D eigenvalue weighted by molar-refractivity contribution is 0.00354. The van der Waals surface area contributed by atoms with Crippen molar-refractivity contribution in [1.82, 2.24) is 9.47 Å². The standard InChI is InChI=1S/C30H49IN2O5Si/c1-19(2)39(20(3)4,21(5)6)17-16-22-18-23(31)33(28(7,8)9)24(22)25(34)32(26(35)37-29(10,11)12)27(36)38-30(13,14)15/h18-21H,1-15H3. The zero-order valence-electron chi connectivity index (χ0n) is 26.6. The first-order valence-electron chi connectivity index (χ1n) is 13.6. The molecule has 0 radical (unpaired) electrons. The van der Waals surface area contributed by atoms with Gasteiger partial charge in [0.2, 0.25) is 0 Å². The normalized spacial score (nSPS) is 12.9. The van der Waals surface area contributed by atoms with E-state index >= 15 is 0 Å². The van der Waals surface area contributed by atoms with Gasteiger partial charge in [0.1, 0.15) is 25.0 Å². The molecule has 0 bridgehead atoms. The summed E-state index contributed by atoms with van der Waals surface area (Å²) in [5.74, 6) is 2.55. The lowest BCUT2D eigenvalue weighted by atomic mass is 10.1. The Labute approximate surface area is 250 Å². The summed E-state index contributed by atoms with van der Waals surface area (Å²) < 4.78 is 13.6. The molecule has 0 aliphatic carbocycles. The van der Waals surface area contributed by atoms with Crippen molar-refractivity contribution in [2.75, 3.05) is 0 Å². The van der Waals surface area contributed by atoms with Gasteiger partial charge in [0, 0.05) is 5.54 Å². The van der Waals surface area contributed by atoms with E-state index < -0.39 is 42.9 Å². The summed E-state index contributed by atoms with van der Waals surface area (Å²) in [6.45, 7) is 29.3. The fourth-order valence-corrected chi connectivity index (χ4v) is 11.5. The number of aromatic nitrogens is 1. The van der Waals surface area contributed by atoms with E-state index in [9.17, 15) is 14.4 Å².